The molecule has 0 saturated carbocycles. The highest BCUT2D eigenvalue weighted by Gasteiger charge is 2.02. The molecular formula is C12H21N. The molecule has 1 aliphatic rings. The van der Waals surface area contributed by atoms with E-state index in [0.717, 1.165) is 0 Å². The van der Waals surface area contributed by atoms with Gasteiger partial charge in [-0.3, -0.25) is 0 Å². The van der Waals surface area contributed by atoms with Crippen LogP contribution in [0.4, 0.5) is 0 Å². The van der Waals surface area contributed by atoms with Crippen molar-refractivity contribution in [1.29, 1.82) is 0 Å². The predicted molar refractivity (Wildman–Crippen MR) is 58.9 cm³/mol. The van der Waals surface area contributed by atoms with Crippen molar-refractivity contribution >= 4 is 0 Å². The van der Waals surface area contributed by atoms with Gasteiger partial charge < -0.3 is 5.32 Å². The Balaban J connectivity index is 2.04. The van der Waals surface area contributed by atoms with Gasteiger partial charge in [-0.25, -0.2) is 0 Å². The summed E-state index contributed by atoms with van der Waals surface area (Å²) in [6, 6.07) is 0. The summed E-state index contributed by atoms with van der Waals surface area (Å²) in [5.41, 5.74) is 1.66. The quantitative estimate of drug-likeness (QED) is 0.505. The molecule has 1 nitrogen and oxygen atoms in total. The lowest BCUT2D eigenvalue weighted by molar-refractivity contribution is 0.605. The van der Waals surface area contributed by atoms with Gasteiger partial charge in [-0.2, -0.15) is 0 Å². The number of hydrogen-bond acceptors (Lipinski definition) is 1. The van der Waals surface area contributed by atoms with Crippen molar-refractivity contribution in [2.24, 2.45) is 0 Å². The van der Waals surface area contributed by atoms with Crippen molar-refractivity contribution in [3.63, 3.8) is 0 Å². The first-order chi connectivity index (χ1) is 6.43. The maximum absolute atomic E-state index is 3.72. The van der Waals surface area contributed by atoms with Crippen molar-refractivity contribution in [2.45, 2.75) is 38.5 Å². The molecule has 1 heteroatoms. The lowest BCUT2D eigenvalue weighted by Crippen LogP contribution is -2.22. The number of allylic oxidation sites excluding steroid dienone is 2. The van der Waals surface area contributed by atoms with E-state index in [2.05, 4.69) is 18.0 Å². The average Bonchev–Trinajstić information content (AvgIpc) is 2.19. The van der Waals surface area contributed by atoms with Crippen LogP contribution in [0.25, 0.3) is 0 Å². The highest BCUT2D eigenvalue weighted by molar-refractivity contribution is 5.05. The lowest BCUT2D eigenvalue weighted by Gasteiger charge is -2.14. The molecule has 0 aromatic heterocycles. The van der Waals surface area contributed by atoms with E-state index in [9.17, 15) is 0 Å². The first kappa shape index (κ1) is 10.5. The van der Waals surface area contributed by atoms with Crippen molar-refractivity contribution < 1.29 is 0 Å². The summed E-state index contributed by atoms with van der Waals surface area (Å²) >= 11 is 0. The molecule has 0 aromatic rings. The molecule has 1 rings (SSSR count). The fraction of sp³-hybridized carbons (Fsp3) is 0.667. The second-order valence-electron chi connectivity index (χ2n) is 3.69. The van der Waals surface area contributed by atoms with E-state index >= 15 is 0 Å². The van der Waals surface area contributed by atoms with Gasteiger partial charge >= 0.3 is 0 Å². The van der Waals surface area contributed by atoms with Crippen LogP contribution in [0, 0.1) is 0 Å². The second kappa shape index (κ2) is 6.90. The highest BCUT2D eigenvalue weighted by atomic mass is 14.9. The van der Waals surface area contributed by atoms with E-state index < -0.39 is 0 Å². The summed E-state index contributed by atoms with van der Waals surface area (Å²) in [6.45, 7) is 6.08. The van der Waals surface area contributed by atoms with E-state index in [1.54, 1.807) is 5.57 Å². The molecule has 0 atom stereocenters. The lowest BCUT2D eigenvalue weighted by atomic mass is 10.0. The van der Waals surface area contributed by atoms with Gasteiger partial charge in [-0.05, 0) is 51.6 Å². The van der Waals surface area contributed by atoms with Gasteiger partial charge in [-0.1, -0.05) is 17.7 Å². The van der Waals surface area contributed by atoms with Crippen LogP contribution in [-0.2, 0) is 0 Å². The molecule has 1 heterocycles. The molecule has 0 bridgehead atoms. The molecule has 0 aliphatic carbocycles. The molecule has 13 heavy (non-hydrogen) atoms. The van der Waals surface area contributed by atoms with Crippen molar-refractivity contribution in [3.8, 4) is 0 Å². The van der Waals surface area contributed by atoms with E-state index in [1.165, 1.54) is 51.6 Å². The van der Waals surface area contributed by atoms with E-state index in [-0.39, 0.29) is 0 Å². The number of rotatable bonds is 5. The van der Waals surface area contributed by atoms with Crippen LogP contribution in [0.5, 0.6) is 0 Å². The Kier molecular flexibility index (Phi) is 5.59. The summed E-state index contributed by atoms with van der Waals surface area (Å²) in [6.07, 6.45) is 12.0. The van der Waals surface area contributed by atoms with Gasteiger partial charge in [0.2, 0.25) is 0 Å². The number of nitrogens with one attached hydrogen (secondary N) is 1. The normalized spacial score (nSPS) is 17.1. The minimum atomic E-state index is 1.17. The minimum Gasteiger partial charge on any atom is -0.316 e. The van der Waals surface area contributed by atoms with Gasteiger partial charge in [-0.15, -0.1) is 6.58 Å². The highest BCUT2D eigenvalue weighted by Crippen LogP contribution is 2.12. The molecule has 0 amide bonds. The Labute approximate surface area is 81.9 Å². The van der Waals surface area contributed by atoms with Gasteiger partial charge in [0, 0.05) is 0 Å². The molecule has 74 valence electrons. The maximum atomic E-state index is 3.72. The molecule has 0 unspecified atom stereocenters. The van der Waals surface area contributed by atoms with Crippen LogP contribution in [0.3, 0.4) is 0 Å². The zero-order chi connectivity index (χ0) is 9.36. The Bertz CT molecular complexity index is 162. The van der Waals surface area contributed by atoms with Crippen LogP contribution >= 0.6 is 0 Å². The standard InChI is InChI=1S/C12H21N/c1-2-3-4-5-6-7-12-8-10-13-11-9-12/h2,7,13H,1,3-6,8-11H2. The van der Waals surface area contributed by atoms with E-state index in [0.29, 0.717) is 0 Å². The fourth-order valence-electron chi connectivity index (χ4n) is 1.69. The van der Waals surface area contributed by atoms with Gasteiger partial charge in [0.25, 0.3) is 0 Å². The minimum absolute atomic E-state index is 1.17. The topological polar surface area (TPSA) is 12.0 Å². The predicted octanol–water partition coefficient (Wildman–Crippen LogP) is 3.04. The van der Waals surface area contributed by atoms with E-state index in [4.69, 9.17) is 0 Å². The smallest absolute Gasteiger partial charge is 0.00115 e. The summed E-state index contributed by atoms with van der Waals surface area (Å²) in [5, 5.41) is 3.37. The molecular weight excluding hydrogens is 158 g/mol. The summed E-state index contributed by atoms with van der Waals surface area (Å²) in [5.74, 6) is 0. The molecule has 1 N–H and O–H groups in total. The SMILES string of the molecule is C=CCCCCC=C1CCNCC1. The molecule has 0 aromatic carbocycles. The summed E-state index contributed by atoms with van der Waals surface area (Å²) in [4.78, 5) is 0. The number of hydrogen-bond donors (Lipinski definition) is 1. The average molecular weight is 179 g/mol. The van der Waals surface area contributed by atoms with Crippen molar-refractivity contribution in [2.75, 3.05) is 13.1 Å². The molecule has 1 saturated heterocycles. The van der Waals surface area contributed by atoms with Crippen LogP contribution in [-0.4, -0.2) is 13.1 Å². The number of piperidine rings is 1. The van der Waals surface area contributed by atoms with E-state index in [1.807, 2.05) is 6.08 Å². The third kappa shape index (κ3) is 4.89. The second-order valence-corrected chi connectivity index (χ2v) is 3.69. The summed E-state index contributed by atoms with van der Waals surface area (Å²) < 4.78 is 0. The van der Waals surface area contributed by atoms with Crippen LogP contribution in [0.15, 0.2) is 24.3 Å². The Morgan fingerprint density at radius 1 is 1.15 bits per heavy atom. The molecule has 1 aliphatic heterocycles. The Morgan fingerprint density at radius 3 is 2.54 bits per heavy atom. The maximum Gasteiger partial charge on any atom is -0.00115 e. The van der Waals surface area contributed by atoms with Gasteiger partial charge in [0.15, 0.2) is 0 Å². The molecule has 1 fully saturated rings. The molecule has 0 radical (unpaired) electrons. The van der Waals surface area contributed by atoms with Gasteiger partial charge in [0.1, 0.15) is 0 Å². The van der Waals surface area contributed by atoms with Crippen LogP contribution in [0.2, 0.25) is 0 Å². The first-order valence-electron chi connectivity index (χ1n) is 5.43. The molecule has 0 spiro atoms. The zero-order valence-corrected chi connectivity index (χ0v) is 8.52. The Morgan fingerprint density at radius 2 is 1.85 bits per heavy atom. The zero-order valence-electron chi connectivity index (χ0n) is 8.52. The van der Waals surface area contributed by atoms with Crippen LogP contribution < -0.4 is 5.32 Å². The van der Waals surface area contributed by atoms with Gasteiger partial charge in [0.05, 0.1) is 0 Å². The van der Waals surface area contributed by atoms with Crippen LogP contribution in [0.1, 0.15) is 38.5 Å². The fourth-order valence-corrected chi connectivity index (χ4v) is 1.69. The Hall–Kier alpha value is -0.560. The summed E-state index contributed by atoms with van der Waals surface area (Å²) in [7, 11) is 0. The van der Waals surface area contributed by atoms with Crippen molar-refractivity contribution in [1.82, 2.24) is 5.32 Å². The number of unbranched alkanes of at least 4 members (excludes halogenated alkanes) is 3. The van der Waals surface area contributed by atoms with Crippen molar-refractivity contribution in [3.05, 3.63) is 24.3 Å². The monoisotopic (exact) mass is 179 g/mol. The largest absolute Gasteiger partial charge is 0.316 e. The first-order valence-corrected chi connectivity index (χ1v) is 5.43. The third-order valence-electron chi connectivity index (χ3n) is 2.54. The third-order valence-corrected chi connectivity index (χ3v) is 2.54.